The van der Waals surface area contributed by atoms with Gasteiger partial charge in [-0.2, -0.15) is 0 Å². The summed E-state index contributed by atoms with van der Waals surface area (Å²) < 4.78 is 0. The van der Waals surface area contributed by atoms with E-state index in [4.69, 9.17) is 0 Å². The fourth-order valence-electron chi connectivity index (χ4n) is 1.08. The Kier molecular flexibility index (Phi) is 4.41. The minimum Gasteiger partial charge on any atom is -0.0991 e. The molecular weight excluding hydrogens is 176 g/mol. The van der Waals surface area contributed by atoms with Crippen molar-refractivity contribution in [2.24, 2.45) is 0 Å². The maximum absolute atomic E-state index is 3.97. The van der Waals surface area contributed by atoms with Crippen LogP contribution >= 0.6 is 0 Å². The Morgan fingerprint density at radius 2 is 2.38 bits per heavy atom. The predicted octanol–water partition coefficient (Wildman–Crippen LogP) is 3.29. The van der Waals surface area contributed by atoms with Gasteiger partial charge in [-0.3, -0.25) is 0 Å². The molecule has 0 aliphatic heterocycles. The largest absolute Gasteiger partial charge is 0.150 e. The summed E-state index contributed by atoms with van der Waals surface area (Å²) >= 11 is 1.24. The van der Waals surface area contributed by atoms with Gasteiger partial charge in [-0.1, -0.05) is 30.9 Å². The zero-order valence-electron chi connectivity index (χ0n) is 7.74. The number of thiol groups is 1. The van der Waals surface area contributed by atoms with Crippen LogP contribution in [0.1, 0.15) is 12.8 Å². The van der Waals surface area contributed by atoms with E-state index in [0.717, 1.165) is 11.3 Å². The topological polar surface area (TPSA) is 0 Å². The van der Waals surface area contributed by atoms with E-state index in [2.05, 4.69) is 31.4 Å². The molecule has 0 aromatic carbocycles. The Morgan fingerprint density at radius 1 is 1.54 bits per heavy atom. The fraction of sp³-hybridized carbons (Fsp3) is 0.167. The lowest BCUT2D eigenvalue weighted by Gasteiger charge is -1.99. The molecule has 0 aromatic rings. The third kappa shape index (κ3) is 4.00. The first-order valence-corrected chi connectivity index (χ1v) is 5.28. The van der Waals surface area contributed by atoms with Crippen LogP contribution in [0.15, 0.2) is 59.4 Å². The summed E-state index contributed by atoms with van der Waals surface area (Å²) in [6, 6.07) is 0. The van der Waals surface area contributed by atoms with E-state index in [1.165, 1.54) is 23.1 Å². The first-order valence-electron chi connectivity index (χ1n) is 4.38. The van der Waals surface area contributed by atoms with Gasteiger partial charge < -0.3 is 0 Å². The van der Waals surface area contributed by atoms with Crippen molar-refractivity contribution in [3.05, 3.63) is 59.4 Å². The number of rotatable bonds is 4. The highest BCUT2D eigenvalue weighted by Gasteiger charge is 2.09. The van der Waals surface area contributed by atoms with Crippen molar-refractivity contribution in [2.75, 3.05) is 0 Å². The summed E-state index contributed by atoms with van der Waals surface area (Å²) in [4.78, 5) is 2.57. The fourth-order valence-corrected chi connectivity index (χ4v) is 2.01. The monoisotopic (exact) mass is 191 g/mol. The lowest BCUT2D eigenvalue weighted by atomic mass is 10.2. The van der Waals surface area contributed by atoms with Gasteiger partial charge in [0.15, 0.2) is 4.91 Å². The first kappa shape index (κ1) is 10.1. The Balaban J connectivity index is 2.43. The smallest absolute Gasteiger partial charge is 0.0991 e. The van der Waals surface area contributed by atoms with Crippen LogP contribution in [0.3, 0.4) is 0 Å². The summed E-state index contributed by atoms with van der Waals surface area (Å²) in [6.07, 6.45) is 14.5. The normalized spacial score (nSPS) is 15.8. The number of hydrogen-bond acceptors (Lipinski definition) is 0. The van der Waals surface area contributed by atoms with E-state index >= 15 is 0 Å². The minimum absolute atomic E-state index is 1.13. The van der Waals surface area contributed by atoms with Crippen LogP contribution in [0.4, 0.5) is 0 Å². The van der Waals surface area contributed by atoms with E-state index in [9.17, 15) is 0 Å². The van der Waals surface area contributed by atoms with Gasteiger partial charge in [0.05, 0.1) is 0 Å². The highest BCUT2D eigenvalue weighted by molar-refractivity contribution is 7.86. The summed E-state index contributed by atoms with van der Waals surface area (Å²) in [5, 5.41) is 0. The van der Waals surface area contributed by atoms with Gasteiger partial charge in [-0.15, -0.1) is 0 Å². The van der Waals surface area contributed by atoms with E-state index < -0.39 is 0 Å². The molecule has 68 valence electrons. The van der Waals surface area contributed by atoms with Crippen LogP contribution in [0.5, 0.6) is 0 Å². The lowest BCUT2D eigenvalue weighted by molar-refractivity contribution is 1.02. The highest BCUT2D eigenvalue weighted by Crippen LogP contribution is 2.17. The van der Waals surface area contributed by atoms with Crippen molar-refractivity contribution in [2.45, 2.75) is 12.8 Å². The standard InChI is InChI=1S/C12H14S/c1-3-4-8-11(2)13-12-9-6-5-7-10-12/h3-6,8-9H,1-2,7,10H2/p+1/b8-4-. The number of allylic oxidation sites excluding steroid dienone is 7. The minimum atomic E-state index is 1.13. The molecule has 1 rings (SSSR count). The van der Waals surface area contributed by atoms with Gasteiger partial charge >= 0.3 is 0 Å². The molecule has 0 N–H and O–H groups in total. The Bertz CT molecular complexity index is 279. The average molecular weight is 191 g/mol. The molecule has 0 heterocycles. The summed E-state index contributed by atoms with van der Waals surface area (Å²) in [6.45, 7) is 7.60. The molecule has 0 unspecified atom stereocenters. The molecule has 0 nitrogen and oxygen atoms in total. The summed E-state index contributed by atoms with van der Waals surface area (Å²) in [5.41, 5.74) is 0. The van der Waals surface area contributed by atoms with E-state index in [1.807, 2.05) is 12.2 Å². The van der Waals surface area contributed by atoms with Crippen molar-refractivity contribution in [1.29, 1.82) is 0 Å². The Morgan fingerprint density at radius 3 is 3.00 bits per heavy atom. The number of hydrogen-bond donors (Lipinski definition) is 0. The second-order valence-electron chi connectivity index (χ2n) is 2.82. The Hall–Kier alpha value is -0.950. The summed E-state index contributed by atoms with van der Waals surface area (Å²) in [5.74, 6) is 0. The molecule has 1 heteroatoms. The van der Waals surface area contributed by atoms with Gasteiger partial charge in [0, 0.05) is 18.2 Å². The molecule has 0 atom stereocenters. The molecule has 0 amide bonds. The van der Waals surface area contributed by atoms with Crippen molar-refractivity contribution in [3.8, 4) is 0 Å². The van der Waals surface area contributed by atoms with Gasteiger partial charge in [-0.25, -0.2) is 0 Å². The third-order valence-electron chi connectivity index (χ3n) is 1.70. The van der Waals surface area contributed by atoms with Gasteiger partial charge in [0.1, 0.15) is 4.91 Å². The first-order chi connectivity index (χ1) is 6.33. The zero-order chi connectivity index (χ0) is 9.52. The maximum Gasteiger partial charge on any atom is 0.150 e. The highest BCUT2D eigenvalue weighted by atomic mass is 32.2. The molecule has 0 radical (unpaired) electrons. The van der Waals surface area contributed by atoms with Crippen molar-refractivity contribution < 1.29 is 0 Å². The van der Waals surface area contributed by atoms with Crippen LogP contribution < -0.4 is 0 Å². The quantitative estimate of drug-likeness (QED) is 0.363. The van der Waals surface area contributed by atoms with E-state index in [1.54, 1.807) is 6.08 Å². The molecule has 0 saturated heterocycles. The third-order valence-corrected chi connectivity index (χ3v) is 2.80. The lowest BCUT2D eigenvalue weighted by Crippen LogP contribution is -1.91. The molecule has 0 saturated carbocycles. The van der Waals surface area contributed by atoms with Crippen LogP contribution in [0.25, 0.3) is 0 Å². The van der Waals surface area contributed by atoms with E-state index in [0.29, 0.717) is 0 Å². The van der Waals surface area contributed by atoms with Crippen molar-refractivity contribution in [1.82, 2.24) is 0 Å². The molecule has 1 aliphatic rings. The SMILES string of the molecule is C=C/C=C\C(=C)[SH+]C1=CC=CCC1. The summed E-state index contributed by atoms with van der Waals surface area (Å²) in [7, 11) is 0. The Labute approximate surface area is 84.4 Å². The molecule has 0 bridgehead atoms. The van der Waals surface area contributed by atoms with Crippen LogP contribution in [0, 0.1) is 0 Å². The van der Waals surface area contributed by atoms with Gasteiger partial charge in [-0.05, 0) is 25.2 Å². The second kappa shape index (κ2) is 5.65. The van der Waals surface area contributed by atoms with Gasteiger partial charge in [0.2, 0.25) is 0 Å². The molecule has 1 aliphatic carbocycles. The molecule has 0 spiro atoms. The van der Waals surface area contributed by atoms with Crippen LogP contribution in [0.2, 0.25) is 0 Å². The second-order valence-corrected chi connectivity index (χ2v) is 4.20. The van der Waals surface area contributed by atoms with Gasteiger partial charge in [0.25, 0.3) is 0 Å². The molecule has 13 heavy (non-hydrogen) atoms. The molecule has 0 fully saturated rings. The van der Waals surface area contributed by atoms with Crippen LogP contribution in [-0.2, 0) is 11.8 Å². The van der Waals surface area contributed by atoms with E-state index in [-0.39, 0.29) is 0 Å². The molecule has 0 aromatic heterocycles. The maximum atomic E-state index is 3.97. The molecular formula is C12H15S+. The predicted molar refractivity (Wildman–Crippen MR) is 63.7 cm³/mol. The van der Waals surface area contributed by atoms with Crippen molar-refractivity contribution >= 4 is 11.8 Å². The van der Waals surface area contributed by atoms with Crippen molar-refractivity contribution in [3.63, 3.8) is 0 Å². The zero-order valence-corrected chi connectivity index (χ0v) is 8.63. The average Bonchev–Trinajstić information content (AvgIpc) is 2.16. The van der Waals surface area contributed by atoms with Crippen LogP contribution in [-0.4, -0.2) is 0 Å².